The molecule has 4 saturated heterocycles. The van der Waals surface area contributed by atoms with Gasteiger partial charge in [0.15, 0.2) is 41.1 Å². The molecule has 4 aliphatic heterocycles. The minimum absolute atomic E-state index is 0.0496. The summed E-state index contributed by atoms with van der Waals surface area (Å²) in [5.74, 6) is -0.649. The van der Waals surface area contributed by atoms with Crippen molar-refractivity contribution in [2.75, 3.05) is 19.8 Å². The Morgan fingerprint density at radius 2 is 1.04 bits per heavy atom. The van der Waals surface area contributed by atoms with E-state index >= 15 is 4.79 Å². The van der Waals surface area contributed by atoms with Gasteiger partial charge in [-0.15, -0.1) is 0 Å². The highest BCUT2D eigenvalue weighted by Crippen LogP contribution is 2.74. The van der Waals surface area contributed by atoms with Gasteiger partial charge >= 0.3 is 5.97 Å². The van der Waals surface area contributed by atoms with Crippen LogP contribution in [0.3, 0.4) is 0 Å². The van der Waals surface area contributed by atoms with E-state index in [-0.39, 0.29) is 71.5 Å². The molecule has 5 aliphatic carbocycles. The van der Waals surface area contributed by atoms with Crippen molar-refractivity contribution in [3.63, 3.8) is 0 Å². The average molecular weight is 1650 g/mol. The van der Waals surface area contributed by atoms with Crippen LogP contribution in [-0.2, 0) is 108 Å². The molecule has 0 aromatic heterocycles. The zero-order valence-corrected chi connectivity index (χ0v) is 75.2. The molecule has 0 radical (unpaired) electrons. The predicted octanol–water partition coefficient (Wildman–Crippen LogP) is 20.1. The third-order valence-corrected chi connectivity index (χ3v) is 40.2. The van der Waals surface area contributed by atoms with Crippen LogP contribution < -0.4 is 5.73 Å². The zero-order valence-electron chi connectivity index (χ0n) is 73.2. The van der Waals surface area contributed by atoms with E-state index in [1.165, 1.54) is 12.0 Å². The maximum atomic E-state index is 17.0. The Hall–Kier alpha value is -4.86. The summed E-state index contributed by atoms with van der Waals surface area (Å²) in [5, 5.41) is 0. The van der Waals surface area contributed by atoms with Crippen molar-refractivity contribution >= 4 is 22.6 Å². The lowest BCUT2D eigenvalue weighted by atomic mass is 9.38. The number of hydrogen-bond acceptors (Lipinski definition) is 17. The molecule has 0 amide bonds. The van der Waals surface area contributed by atoms with Crippen molar-refractivity contribution in [3.8, 4) is 0 Å². The van der Waals surface area contributed by atoms with Crippen molar-refractivity contribution in [3.05, 3.63) is 191 Å². The second-order valence-electron chi connectivity index (χ2n) is 38.6. The normalized spacial score (nSPS) is 36.6. The van der Waals surface area contributed by atoms with Crippen LogP contribution in [0.15, 0.2) is 163 Å². The smallest absolute Gasteiger partial charge is 0.315 e. The molecule has 5 aromatic carbocycles. The van der Waals surface area contributed by atoms with Gasteiger partial charge in [0.25, 0.3) is 0 Å². The lowest BCUT2D eigenvalue weighted by molar-refractivity contribution is -0.365. The fourth-order valence-electron chi connectivity index (χ4n) is 22.9. The van der Waals surface area contributed by atoms with Crippen LogP contribution in [0.25, 0.3) is 0 Å². The number of ether oxygens (including phenoxy) is 13. The molecule has 17 nitrogen and oxygen atoms in total. The van der Waals surface area contributed by atoms with Crippen molar-refractivity contribution < 1.29 is 75.2 Å². The maximum Gasteiger partial charge on any atom is 0.315 e. The van der Waals surface area contributed by atoms with Gasteiger partial charge in [0.1, 0.15) is 48.8 Å². The largest absolute Gasteiger partial charge is 0.432 e. The Balaban J connectivity index is 0.783. The van der Waals surface area contributed by atoms with Gasteiger partial charge < -0.3 is 76.2 Å². The summed E-state index contributed by atoms with van der Waals surface area (Å²) in [6.07, 6.45) is 1.62. The van der Waals surface area contributed by atoms with Gasteiger partial charge in [0.2, 0.25) is 6.29 Å². The van der Waals surface area contributed by atoms with Gasteiger partial charge in [-0.05, 0) is 195 Å². The summed E-state index contributed by atoms with van der Waals surface area (Å²) in [6.45, 7) is 37.8. The van der Waals surface area contributed by atoms with Crippen LogP contribution in [0.1, 0.15) is 202 Å². The monoisotopic (exact) mass is 1640 g/mol. The first-order valence-corrected chi connectivity index (χ1v) is 50.1. The molecule has 9 aliphatic rings. The summed E-state index contributed by atoms with van der Waals surface area (Å²) in [7, 11) is -3.97. The first-order chi connectivity index (χ1) is 56.2. The summed E-state index contributed by atoms with van der Waals surface area (Å²) in [6, 6.07) is 56.4. The second kappa shape index (κ2) is 37.3. The van der Waals surface area contributed by atoms with Gasteiger partial charge in [0, 0.05) is 12.0 Å². The van der Waals surface area contributed by atoms with Crippen LogP contribution >= 0.6 is 0 Å². The number of rotatable bonds is 33. The molecule has 117 heavy (non-hydrogen) atoms. The van der Waals surface area contributed by atoms with Crippen LogP contribution in [0, 0.1) is 50.2 Å². The molecule has 642 valence electrons. The van der Waals surface area contributed by atoms with Crippen LogP contribution in [-0.4, -0.2) is 140 Å². The number of allylic oxidation sites excluding steroid dienone is 2. The number of esters is 1. The van der Waals surface area contributed by atoms with E-state index in [1.807, 2.05) is 172 Å². The first kappa shape index (κ1) is 88.5. The molecule has 4 heterocycles. The van der Waals surface area contributed by atoms with Crippen molar-refractivity contribution in [2.45, 2.75) is 342 Å². The van der Waals surface area contributed by atoms with Gasteiger partial charge in [-0.25, -0.2) is 0 Å². The molecule has 14 rings (SSSR count). The Morgan fingerprint density at radius 3 is 1.62 bits per heavy atom. The summed E-state index contributed by atoms with van der Waals surface area (Å²) < 4.78 is 108. The third kappa shape index (κ3) is 18.7. The molecule has 23 atom stereocenters. The molecule has 14 unspecified atom stereocenters. The maximum absolute atomic E-state index is 17.0. The molecule has 5 aromatic rings. The van der Waals surface area contributed by atoms with Crippen molar-refractivity contribution in [2.24, 2.45) is 56.0 Å². The van der Waals surface area contributed by atoms with E-state index in [2.05, 4.69) is 89.2 Å². The number of carbonyl (C=O) groups is 1. The highest BCUT2D eigenvalue weighted by Gasteiger charge is 2.69. The summed E-state index contributed by atoms with van der Waals surface area (Å²) in [5.41, 5.74) is 12.7. The van der Waals surface area contributed by atoms with E-state index in [0.29, 0.717) is 44.5 Å². The fourth-order valence-corrected chi connectivity index (χ4v) is 28.6. The molecule has 8 fully saturated rings. The first-order valence-electron chi connectivity index (χ1n) is 45.0. The Morgan fingerprint density at radius 1 is 0.521 bits per heavy atom. The van der Waals surface area contributed by atoms with E-state index in [1.54, 1.807) is 0 Å². The predicted molar refractivity (Wildman–Crippen MR) is 460 cm³/mol. The highest BCUT2D eigenvalue weighted by molar-refractivity contribution is 6.74. The van der Waals surface area contributed by atoms with Crippen molar-refractivity contribution in [1.82, 2.24) is 0 Å². The lowest BCUT2D eigenvalue weighted by Crippen LogP contribution is -2.67. The molecule has 4 saturated carbocycles. The average Bonchev–Trinajstić information content (AvgIpc) is 1.67. The van der Waals surface area contributed by atoms with Gasteiger partial charge in [0.05, 0.1) is 69.9 Å². The molecule has 19 heteroatoms. The number of hydrogen-bond donors (Lipinski definition) is 1. The van der Waals surface area contributed by atoms with E-state index in [0.717, 1.165) is 122 Å². The standard InChI is InChI=1S/C98H141NO16Si2/c1-16-116(17-2,18-3)107-66-95(13)73-49-52-97(15)78(94(12,57-73)51-50-79(95)115-117(19-4,20-5)21-6)48-47-74-75-58-92(8,9)53-55-98(75,56-54-96(74,97)14)91(100)112-89-86(83(104-62-71-43-33-25-34-44-71)80(99)76(109-89)64-101-59-68-37-27-22-28-38-68)111-90-87-84(113-93(10,11)114-87)81(67(7)108-90)110-88-85(105-63-72-45-35-26-36-46-72)82(103-61-70-41-31-24-32-42-70)77(65-106-88)102-60-69-39-29-23-30-40-69/h22-47,67,73,75-90H,16-21,48-66,99H2,1-15H3/t67?,73?,75-,76?,77+,78?,79-,80-,81-,82?,83?,84?,85?,86?,87?,88-,89-,90-,94?,95?,96?,97?,98-/m0/s1. The summed E-state index contributed by atoms with van der Waals surface area (Å²) >= 11 is 0. The molecule has 2 bridgehead atoms. The van der Waals surface area contributed by atoms with E-state index < -0.39 is 114 Å². The number of benzene rings is 5. The number of carbonyl (C=O) groups excluding carboxylic acids is 1. The van der Waals surface area contributed by atoms with Crippen LogP contribution in [0.2, 0.25) is 36.3 Å². The Kier molecular flexibility index (Phi) is 28.2. The van der Waals surface area contributed by atoms with Crippen LogP contribution in [0.4, 0.5) is 0 Å². The zero-order chi connectivity index (χ0) is 82.6. The quantitative estimate of drug-likeness (QED) is 0.0238. The third-order valence-electron chi connectivity index (χ3n) is 30.9. The topological polar surface area (TPSA) is 182 Å². The fraction of sp³-hybridized carbons (Fsp3) is 0.663. The number of fused-ring (bicyclic) bond motifs is 9. The van der Waals surface area contributed by atoms with Crippen LogP contribution in [0.5, 0.6) is 0 Å². The second-order valence-corrected chi connectivity index (χ2v) is 48.1. The molecule has 0 spiro atoms. The summed E-state index contributed by atoms with van der Waals surface area (Å²) in [4.78, 5) is 17.0. The minimum atomic E-state index is -2.01. The Bertz CT molecular complexity index is 3990. The Labute approximate surface area is 702 Å². The van der Waals surface area contributed by atoms with Crippen molar-refractivity contribution in [1.29, 1.82) is 0 Å². The van der Waals surface area contributed by atoms with E-state index in [9.17, 15) is 0 Å². The molecule has 2 N–H and O–H groups in total. The van der Waals surface area contributed by atoms with E-state index in [4.69, 9.17) is 76.2 Å². The van der Waals surface area contributed by atoms with Gasteiger partial charge in [-0.3, -0.25) is 4.79 Å². The van der Waals surface area contributed by atoms with Gasteiger partial charge in [-0.2, -0.15) is 0 Å². The molecular weight excluding hydrogens is 1500 g/mol. The highest BCUT2D eigenvalue weighted by atomic mass is 28.4. The minimum Gasteiger partial charge on any atom is -0.432 e. The SMILES string of the molecule is CC[Si](CC)(CC)OCC1(C)C2CCC3(C)C(CC=C4[C@@H]5CC(C)(C)CC[C@]5(C(=O)O[C@@H]5OC(COCc6ccccc6)[C@H](N)C(OCc6ccccc6)C5O[C@@H]5OC(C)[C@H](O[C@@H]6OC[C@@H](OCc7ccccc7)C(OCc7ccccc7)C6OCc6ccccc6)C6OC(C)(C)OC65)CCC43C)C(C)(CC[C@@H]1O[Si](CC)(CC)CC)C2. The lowest BCUT2D eigenvalue weighted by Gasteiger charge is -2.65. The number of nitrogens with two attached hydrogens (primary N) is 1. The van der Waals surface area contributed by atoms with Gasteiger partial charge in [-0.1, -0.05) is 246 Å². The molecular formula is C98H141NO16Si2.